The molecule has 2 amide bonds. The summed E-state index contributed by atoms with van der Waals surface area (Å²) in [6.45, 7) is 0.846. The molecule has 0 atom stereocenters. The lowest BCUT2D eigenvalue weighted by atomic mass is 10.3. The second-order valence-electron chi connectivity index (χ2n) is 5.48. The van der Waals surface area contributed by atoms with Crippen LogP contribution in [0.15, 0.2) is 41.8 Å². The lowest BCUT2D eigenvalue weighted by Crippen LogP contribution is -2.40. The molecule has 0 aliphatic heterocycles. The molecular weight excluding hydrogens is 340 g/mol. The first-order valence-electron chi connectivity index (χ1n) is 7.81. The van der Waals surface area contributed by atoms with Crippen molar-refractivity contribution < 1.29 is 19.1 Å². The molecule has 25 heavy (non-hydrogen) atoms. The quantitative estimate of drug-likeness (QED) is 0.723. The van der Waals surface area contributed by atoms with Gasteiger partial charge in [-0.25, -0.2) is 0 Å². The van der Waals surface area contributed by atoms with Gasteiger partial charge in [-0.15, -0.1) is 11.3 Å². The van der Waals surface area contributed by atoms with Gasteiger partial charge in [0.25, 0.3) is 5.91 Å². The number of methoxy groups -OCH3 is 1. The van der Waals surface area contributed by atoms with Gasteiger partial charge in [0.05, 0.1) is 25.1 Å². The molecular formula is C18H22N2O4S. The number of hydrogen-bond acceptors (Lipinski definition) is 5. The lowest BCUT2D eigenvalue weighted by molar-refractivity contribution is -0.130. The fourth-order valence-corrected chi connectivity index (χ4v) is 2.80. The van der Waals surface area contributed by atoms with Crippen LogP contribution in [0, 0.1) is 0 Å². The van der Waals surface area contributed by atoms with Crippen molar-refractivity contribution in [2.45, 2.75) is 0 Å². The molecule has 0 N–H and O–H groups in total. The molecule has 0 saturated heterocycles. The summed E-state index contributed by atoms with van der Waals surface area (Å²) in [5, 5.41) is 1.84. The van der Waals surface area contributed by atoms with Crippen LogP contribution >= 0.6 is 11.3 Å². The van der Waals surface area contributed by atoms with Crippen LogP contribution in [0.2, 0.25) is 0 Å². The first-order chi connectivity index (χ1) is 12.0. The van der Waals surface area contributed by atoms with Gasteiger partial charge in [0.2, 0.25) is 5.91 Å². The van der Waals surface area contributed by atoms with Gasteiger partial charge in [0, 0.05) is 14.1 Å². The van der Waals surface area contributed by atoms with Crippen LogP contribution in [0.4, 0.5) is 0 Å². The van der Waals surface area contributed by atoms with Crippen molar-refractivity contribution in [2.24, 2.45) is 0 Å². The number of benzene rings is 1. The molecule has 0 fully saturated rings. The maximum Gasteiger partial charge on any atom is 0.264 e. The number of carbonyl (C=O) groups is 2. The van der Waals surface area contributed by atoms with E-state index in [9.17, 15) is 9.59 Å². The number of carbonyl (C=O) groups excluding carboxylic acids is 2. The minimum Gasteiger partial charge on any atom is -0.497 e. The Hall–Kier alpha value is -2.54. The fraction of sp³-hybridized carbons (Fsp3) is 0.333. The van der Waals surface area contributed by atoms with Crippen molar-refractivity contribution in [1.29, 1.82) is 0 Å². The molecule has 0 unspecified atom stereocenters. The molecule has 0 aliphatic carbocycles. The van der Waals surface area contributed by atoms with Crippen LogP contribution in [0.1, 0.15) is 9.67 Å². The predicted molar refractivity (Wildman–Crippen MR) is 97.4 cm³/mol. The number of ether oxygens (including phenoxy) is 2. The highest BCUT2D eigenvalue weighted by molar-refractivity contribution is 7.12. The van der Waals surface area contributed by atoms with Crippen molar-refractivity contribution in [3.63, 3.8) is 0 Å². The Kier molecular flexibility index (Phi) is 6.82. The number of likely N-dealkylation sites (N-methyl/N-ethyl adjacent to an activating group) is 2. The Bertz CT molecular complexity index is 686. The van der Waals surface area contributed by atoms with Gasteiger partial charge in [-0.05, 0) is 35.7 Å². The summed E-state index contributed by atoms with van der Waals surface area (Å²) in [6.07, 6.45) is 0. The highest BCUT2D eigenvalue weighted by Crippen LogP contribution is 2.16. The third kappa shape index (κ3) is 5.49. The molecule has 0 radical (unpaired) electrons. The lowest BCUT2D eigenvalue weighted by Gasteiger charge is -2.22. The van der Waals surface area contributed by atoms with Gasteiger partial charge in [-0.2, -0.15) is 0 Å². The molecule has 1 aromatic heterocycles. The van der Waals surface area contributed by atoms with Gasteiger partial charge in [-0.3, -0.25) is 9.59 Å². The van der Waals surface area contributed by atoms with Crippen LogP contribution < -0.4 is 9.47 Å². The van der Waals surface area contributed by atoms with Crippen LogP contribution in [0.25, 0.3) is 0 Å². The van der Waals surface area contributed by atoms with E-state index in [1.165, 1.54) is 16.2 Å². The molecule has 0 saturated carbocycles. The van der Waals surface area contributed by atoms with E-state index >= 15 is 0 Å². The van der Waals surface area contributed by atoms with Crippen molar-refractivity contribution in [3.05, 3.63) is 46.7 Å². The maximum absolute atomic E-state index is 12.2. The van der Waals surface area contributed by atoms with Gasteiger partial charge < -0.3 is 19.3 Å². The molecule has 2 rings (SSSR count). The third-order valence-corrected chi connectivity index (χ3v) is 4.49. The zero-order valence-electron chi connectivity index (χ0n) is 14.6. The zero-order valence-corrected chi connectivity index (χ0v) is 15.4. The number of nitrogens with zero attached hydrogens (tertiary/aromatic N) is 2. The first-order valence-corrected chi connectivity index (χ1v) is 8.69. The second kappa shape index (κ2) is 9.08. The highest BCUT2D eigenvalue weighted by atomic mass is 32.1. The van der Waals surface area contributed by atoms with E-state index in [0.29, 0.717) is 23.8 Å². The second-order valence-corrected chi connectivity index (χ2v) is 6.43. The highest BCUT2D eigenvalue weighted by Gasteiger charge is 2.17. The molecule has 0 bridgehead atoms. The summed E-state index contributed by atoms with van der Waals surface area (Å²) >= 11 is 1.36. The molecule has 2 aromatic rings. The topological polar surface area (TPSA) is 59.1 Å². The maximum atomic E-state index is 12.2. The SMILES string of the molecule is COc1ccc(OCCN(C)C(=O)CN(C)C(=O)c2cccs2)cc1. The Morgan fingerprint density at radius 1 is 1.04 bits per heavy atom. The normalized spacial score (nSPS) is 10.2. The van der Waals surface area contributed by atoms with Gasteiger partial charge in [0.15, 0.2) is 0 Å². The number of amides is 2. The van der Waals surface area contributed by atoms with E-state index < -0.39 is 0 Å². The van der Waals surface area contributed by atoms with Crippen molar-refractivity contribution >= 4 is 23.2 Å². The molecule has 0 spiro atoms. The van der Waals surface area contributed by atoms with Gasteiger partial charge in [-0.1, -0.05) is 6.07 Å². The number of rotatable bonds is 8. The monoisotopic (exact) mass is 362 g/mol. The van der Waals surface area contributed by atoms with E-state index in [4.69, 9.17) is 9.47 Å². The Morgan fingerprint density at radius 3 is 2.32 bits per heavy atom. The van der Waals surface area contributed by atoms with Crippen molar-refractivity contribution in [2.75, 3.05) is 40.9 Å². The minimum atomic E-state index is -0.147. The fourth-order valence-electron chi connectivity index (χ4n) is 2.08. The first kappa shape index (κ1) is 18.8. The Balaban J connectivity index is 1.74. The largest absolute Gasteiger partial charge is 0.497 e. The predicted octanol–water partition coefficient (Wildman–Crippen LogP) is 2.37. The third-order valence-electron chi connectivity index (χ3n) is 3.63. The summed E-state index contributed by atoms with van der Waals surface area (Å²) in [5.41, 5.74) is 0. The molecule has 134 valence electrons. The summed E-state index contributed by atoms with van der Waals surface area (Å²) in [7, 11) is 4.93. The number of hydrogen-bond donors (Lipinski definition) is 0. The Morgan fingerprint density at radius 2 is 1.72 bits per heavy atom. The van der Waals surface area contributed by atoms with Gasteiger partial charge in [0.1, 0.15) is 18.1 Å². The van der Waals surface area contributed by atoms with Crippen LogP contribution in [0.3, 0.4) is 0 Å². The molecule has 7 heteroatoms. The molecule has 1 aromatic carbocycles. The van der Waals surface area contributed by atoms with Gasteiger partial charge >= 0.3 is 0 Å². The summed E-state index contributed by atoms with van der Waals surface area (Å²) in [4.78, 5) is 28.0. The minimum absolute atomic E-state index is 0.0375. The molecule has 1 heterocycles. The van der Waals surface area contributed by atoms with Crippen molar-refractivity contribution in [1.82, 2.24) is 9.80 Å². The van der Waals surface area contributed by atoms with E-state index in [2.05, 4.69) is 0 Å². The number of thiophene rings is 1. The average molecular weight is 362 g/mol. The van der Waals surface area contributed by atoms with E-state index in [1.807, 2.05) is 35.7 Å². The summed E-state index contributed by atoms with van der Waals surface area (Å²) in [6, 6.07) is 10.8. The molecule has 6 nitrogen and oxygen atoms in total. The molecule has 0 aliphatic rings. The van der Waals surface area contributed by atoms with Crippen LogP contribution in [-0.4, -0.2) is 62.5 Å². The smallest absolute Gasteiger partial charge is 0.264 e. The zero-order chi connectivity index (χ0) is 18.2. The standard InChI is InChI=1S/C18H22N2O4S/c1-19(10-11-24-15-8-6-14(23-3)7-9-15)17(21)13-20(2)18(22)16-5-4-12-25-16/h4-9,12H,10-11,13H2,1-3H3. The average Bonchev–Trinajstić information content (AvgIpc) is 3.16. The van der Waals surface area contributed by atoms with E-state index in [1.54, 1.807) is 32.2 Å². The summed E-state index contributed by atoms with van der Waals surface area (Å²) < 4.78 is 10.7. The van der Waals surface area contributed by atoms with E-state index in [-0.39, 0.29) is 18.4 Å². The van der Waals surface area contributed by atoms with Crippen LogP contribution in [-0.2, 0) is 4.79 Å². The summed E-state index contributed by atoms with van der Waals surface area (Å²) in [5.74, 6) is 1.20. The van der Waals surface area contributed by atoms with E-state index in [0.717, 1.165) is 5.75 Å². The van der Waals surface area contributed by atoms with Crippen molar-refractivity contribution in [3.8, 4) is 11.5 Å². The van der Waals surface area contributed by atoms with Crippen LogP contribution in [0.5, 0.6) is 11.5 Å². The Labute approximate surface area is 151 Å².